The van der Waals surface area contributed by atoms with Gasteiger partial charge in [-0.25, -0.2) is 4.79 Å². The van der Waals surface area contributed by atoms with Gasteiger partial charge in [0.15, 0.2) is 0 Å². The lowest BCUT2D eigenvalue weighted by Gasteiger charge is -2.33. The first-order chi connectivity index (χ1) is 18.7. The summed E-state index contributed by atoms with van der Waals surface area (Å²) < 4.78 is 43.0. The highest BCUT2D eigenvalue weighted by molar-refractivity contribution is 5.99. The first-order valence-corrected chi connectivity index (χ1v) is 13.2. The third-order valence-electron chi connectivity index (χ3n) is 6.46. The number of piperidine rings is 1. The van der Waals surface area contributed by atoms with Gasteiger partial charge in [0, 0.05) is 30.5 Å². The molecule has 218 valence electrons. The number of phenolic OH excluding ortho intramolecular Hbond substituents is 1. The number of anilines is 2. The zero-order chi connectivity index (χ0) is 29.7. The van der Waals surface area contributed by atoms with Crippen LogP contribution in [0, 0.1) is 6.92 Å². The molecule has 1 fully saturated rings. The number of carbonyl (C=O) groups is 2. The molecule has 11 heteroatoms. The number of hydrogen-bond donors (Lipinski definition) is 3. The normalized spacial score (nSPS) is 14.8. The van der Waals surface area contributed by atoms with Crippen molar-refractivity contribution in [2.45, 2.75) is 71.7 Å². The number of likely N-dealkylation sites (tertiary alicyclic amines) is 1. The van der Waals surface area contributed by atoms with E-state index in [9.17, 15) is 27.9 Å². The van der Waals surface area contributed by atoms with Crippen LogP contribution < -0.4 is 10.6 Å². The minimum absolute atomic E-state index is 0.210. The summed E-state index contributed by atoms with van der Waals surface area (Å²) in [5, 5.41) is 15.5. The van der Waals surface area contributed by atoms with Crippen LogP contribution in [0.4, 0.5) is 29.3 Å². The van der Waals surface area contributed by atoms with Crippen molar-refractivity contribution in [2.24, 2.45) is 4.99 Å². The molecule has 3 rings (SSSR count). The van der Waals surface area contributed by atoms with Gasteiger partial charge in [0.25, 0.3) is 5.91 Å². The summed E-state index contributed by atoms with van der Waals surface area (Å²) in [4.78, 5) is 30.8. The van der Waals surface area contributed by atoms with Crippen molar-refractivity contribution in [3.05, 3.63) is 52.6 Å². The van der Waals surface area contributed by atoms with Crippen molar-refractivity contribution < 1.29 is 32.6 Å². The summed E-state index contributed by atoms with van der Waals surface area (Å²) in [6.07, 6.45) is -1.55. The number of amides is 2. The number of nitrogens with zero attached hydrogens (tertiary/aromatic N) is 2. The molecule has 8 nitrogen and oxygen atoms in total. The molecular formula is C29H37F3N4O4. The van der Waals surface area contributed by atoms with Crippen LogP contribution in [0.2, 0.25) is 0 Å². The molecule has 40 heavy (non-hydrogen) atoms. The lowest BCUT2D eigenvalue weighted by molar-refractivity contribution is -0.123. The number of alkyl halides is 3. The van der Waals surface area contributed by atoms with E-state index in [2.05, 4.69) is 16.4 Å². The van der Waals surface area contributed by atoms with Crippen molar-refractivity contribution in [1.29, 1.82) is 0 Å². The van der Waals surface area contributed by atoms with Crippen molar-refractivity contribution in [3.63, 3.8) is 0 Å². The summed E-state index contributed by atoms with van der Waals surface area (Å²) in [7, 11) is 0. The summed E-state index contributed by atoms with van der Waals surface area (Å²) in [5.74, 6) is -1.17. The molecule has 1 saturated heterocycles. The highest BCUT2D eigenvalue weighted by Crippen LogP contribution is 2.34. The Labute approximate surface area is 232 Å². The summed E-state index contributed by atoms with van der Waals surface area (Å²) in [5.41, 5.74) is 2.83. The second-order valence-corrected chi connectivity index (χ2v) is 10.9. The van der Waals surface area contributed by atoms with Gasteiger partial charge < -0.3 is 25.4 Å². The van der Waals surface area contributed by atoms with E-state index in [-0.39, 0.29) is 17.6 Å². The summed E-state index contributed by atoms with van der Waals surface area (Å²) in [6.45, 7) is 9.04. The molecule has 0 radical (unpaired) electrons. The standard InChI is InChI=1S/C29H37F3N4O4/c1-6-33-16-21-14-20(19-9-11-36(12-10-19)27(39)40-28(3,4)5)7-8-23(21)35-22-13-18(2)25(24(37)15-22)26(38)34-17-29(30,31)32/h6-8,13-15,19,35,37H,9-12,16-17H2,1-5H3,(H,34,38)/b33-6-. The molecule has 1 aliphatic rings. The smallest absolute Gasteiger partial charge is 0.410 e. The fraction of sp³-hybridized carbons (Fsp3) is 0.483. The number of phenols is 1. The molecular weight excluding hydrogens is 525 g/mol. The van der Waals surface area contributed by atoms with Crippen LogP contribution in [-0.2, 0) is 11.3 Å². The number of hydrogen-bond acceptors (Lipinski definition) is 6. The minimum atomic E-state index is -4.56. The van der Waals surface area contributed by atoms with Gasteiger partial charge in [-0.2, -0.15) is 13.2 Å². The van der Waals surface area contributed by atoms with E-state index in [1.807, 2.05) is 39.8 Å². The van der Waals surface area contributed by atoms with Crippen molar-refractivity contribution >= 4 is 29.6 Å². The quantitative estimate of drug-likeness (QED) is 0.337. The van der Waals surface area contributed by atoms with Gasteiger partial charge in [-0.1, -0.05) is 12.1 Å². The number of ether oxygens (including phenoxy) is 1. The Kier molecular flexibility index (Phi) is 9.70. The van der Waals surface area contributed by atoms with Gasteiger partial charge in [-0.3, -0.25) is 9.79 Å². The van der Waals surface area contributed by atoms with Crippen LogP contribution in [0.3, 0.4) is 0 Å². The van der Waals surface area contributed by atoms with Gasteiger partial charge in [0.1, 0.15) is 17.9 Å². The number of aryl methyl sites for hydroxylation is 1. The molecule has 0 unspecified atom stereocenters. The second kappa shape index (κ2) is 12.6. The molecule has 0 bridgehead atoms. The van der Waals surface area contributed by atoms with Gasteiger partial charge >= 0.3 is 12.3 Å². The van der Waals surface area contributed by atoms with E-state index in [0.717, 1.165) is 29.7 Å². The number of benzene rings is 2. The molecule has 0 aromatic heterocycles. The van der Waals surface area contributed by atoms with Crippen LogP contribution in [0.5, 0.6) is 5.75 Å². The maximum absolute atomic E-state index is 12.5. The maximum atomic E-state index is 12.5. The largest absolute Gasteiger partial charge is 0.507 e. The fourth-order valence-corrected chi connectivity index (χ4v) is 4.59. The van der Waals surface area contributed by atoms with E-state index in [0.29, 0.717) is 30.9 Å². The van der Waals surface area contributed by atoms with Crippen LogP contribution in [0.1, 0.15) is 73.5 Å². The van der Waals surface area contributed by atoms with Gasteiger partial charge in [-0.15, -0.1) is 0 Å². The average Bonchev–Trinajstić information content (AvgIpc) is 2.85. The zero-order valence-corrected chi connectivity index (χ0v) is 23.5. The number of aromatic hydroxyl groups is 1. The van der Waals surface area contributed by atoms with Gasteiger partial charge in [0.2, 0.25) is 0 Å². The molecule has 1 aliphatic heterocycles. The predicted molar refractivity (Wildman–Crippen MR) is 149 cm³/mol. The molecule has 0 spiro atoms. The third-order valence-corrected chi connectivity index (χ3v) is 6.46. The molecule has 0 aliphatic carbocycles. The number of rotatable bonds is 7. The average molecular weight is 563 g/mol. The Bertz CT molecular complexity index is 1220. The van der Waals surface area contributed by atoms with Gasteiger partial charge in [-0.05, 0) is 88.4 Å². The highest BCUT2D eigenvalue weighted by atomic mass is 19.4. The molecule has 2 amide bonds. The summed E-state index contributed by atoms with van der Waals surface area (Å²) >= 11 is 0. The van der Waals surface area contributed by atoms with E-state index < -0.39 is 30.0 Å². The lowest BCUT2D eigenvalue weighted by atomic mass is 9.88. The molecule has 0 saturated carbocycles. The third kappa shape index (κ3) is 8.62. The second-order valence-electron chi connectivity index (χ2n) is 10.9. The Morgan fingerprint density at radius 2 is 1.82 bits per heavy atom. The van der Waals surface area contributed by atoms with Crippen molar-refractivity contribution in [2.75, 3.05) is 25.0 Å². The van der Waals surface area contributed by atoms with E-state index in [1.165, 1.54) is 6.07 Å². The van der Waals surface area contributed by atoms with Crippen LogP contribution in [-0.4, -0.2) is 59.6 Å². The molecule has 2 aromatic carbocycles. The number of nitrogens with one attached hydrogen (secondary N) is 2. The summed E-state index contributed by atoms with van der Waals surface area (Å²) in [6, 6.07) is 8.92. The number of halogens is 3. The SMILES string of the molecule is C/C=N\Cc1cc(C2CCN(C(=O)OC(C)(C)C)CC2)ccc1Nc1cc(C)c(C(=O)NCC(F)(F)F)c(O)c1. The fourth-order valence-electron chi connectivity index (χ4n) is 4.59. The monoisotopic (exact) mass is 562 g/mol. The van der Waals surface area contributed by atoms with Gasteiger partial charge in [0.05, 0.1) is 12.1 Å². The Morgan fingerprint density at radius 3 is 2.40 bits per heavy atom. The Morgan fingerprint density at radius 1 is 1.15 bits per heavy atom. The first-order valence-electron chi connectivity index (χ1n) is 13.2. The first kappa shape index (κ1) is 30.8. The molecule has 0 atom stereocenters. The number of carbonyl (C=O) groups excluding carboxylic acids is 2. The molecule has 3 N–H and O–H groups in total. The van der Waals surface area contributed by atoms with Crippen LogP contribution in [0.25, 0.3) is 0 Å². The lowest BCUT2D eigenvalue weighted by Crippen LogP contribution is -2.41. The van der Waals surface area contributed by atoms with E-state index in [4.69, 9.17) is 4.74 Å². The number of aliphatic imine (C=N–C) groups is 1. The highest BCUT2D eigenvalue weighted by Gasteiger charge is 2.29. The predicted octanol–water partition coefficient (Wildman–Crippen LogP) is 6.44. The van der Waals surface area contributed by atoms with Crippen LogP contribution >= 0.6 is 0 Å². The topological polar surface area (TPSA) is 103 Å². The minimum Gasteiger partial charge on any atom is -0.507 e. The van der Waals surface area contributed by atoms with E-state index >= 15 is 0 Å². The molecule has 2 aromatic rings. The van der Waals surface area contributed by atoms with Crippen molar-refractivity contribution in [1.82, 2.24) is 10.2 Å². The Balaban J connectivity index is 1.76. The zero-order valence-electron chi connectivity index (χ0n) is 23.5. The van der Waals surface area contributed by atoms with Crippen LogP contribution in [0.15, 0.2) is 35.3 Å². The van der Waals surface area contributed by atoms with E-state index in [1.54, 1.807) is 29.4 Å². The molecule has 1 heterocycles. The van der Waals surface area contributed by atoms with Crippen molar-refractivity contribution in [3.8, 4) is 5.75 Å². The maximum Gasteiger partial charge on any atom is 0.410 e. The Hall–Kier alpha value is -3.76.